The van der Waals surface area contributed by atoms with Gasteiger partial charge in [-0.3, -0.25) is 14.6 Å². The number of pyridine rings is 3. The average Bonchev–Trinajstić information content (AvgIpc) is 2.76. The second kappa shape index (κ2) is 9.02. The first-order chi connectivity index (χ1) is 15.7. The van der Waals surface area contributed by atoms with E-state index in [9.17, 15) is 9.59 Å². The Hall–Kier alpha value is -3.74. The first kappa shape index (κ1) is 22.5. The molecule has 0 saturated carbocycles. The molecule has 7 heteroatoms. The number of benzene rings is 1. The molecule has 7 nitrogen and oxygen atoms in total. The number of primary amides is 1. The minimum absolute atomic E-state index is 0.0293. The molecular formula is C26H29N5O2. The van der Waals surface area contributed by atoms with Gasteiger partial charge in [0.05, 0.1) is 22.1 Å². The van der Waals surface area contributed by atoms with Gasteiger partial charge in [0.2, 0.25) is 0 Å². The Bertz CT molecular complexity index is 1380. The third kappa shape index (κ3) is 4.58. The van der Waals surface area contributed by atoms with Crippen LogP contribution in [0.2, 0.25) is 0 Å². The van der Waals surface area contributed by atoms with Crippen molar-refractivity contribution in [3.8, 4) is 11.3 Å². The fourth-order valence-electron chi connectivity index (χ4n) is 4.21. The lowest BCUT2D eigenvalue weighted by atomic mass is 10.0. The molecule has 0 saturated heterocycles. The third-order valence-corrected chi connectivity index (χ3v) is 5.44. The van der Waals surface area contributed by atoms with Crippen molar-refractivity contribution >= 4 is 33.5 Å². The summed E-state index contributed by atoms with van der Waals surface area (Å²) in [5, 5.41) is 1.18. The molecule has 3 heterocycles. The lowest BCUT2D eigenvalue weighted by Crippen LogP contribution is -2.32. The summed E-state index contributed by atoms with van der Waals surface area (Å²) in [6.07, 6.45) is 1.48. The predicted octanol–water partition coefficient (Wildman–Crippen LogP) is 4.36. The van der Waals surface area contributed by atoms with Crippen molar-refractivity contribution in [2.75, 3.05) is 18.0 Å². The quantitative estimate of drug-likeness (QED) is 0.442. The van der Waals surface area contributed by atoms with Gasteiger partial charge in [-0.15, -0.1) is 0 Å². The zero-order chi connectivity index (χ0) is 23.7. The molecule has 3 aromatic heterocycles. The Kier molecular flexibility index (Phi) is 6.14. The molecule has 0 unspecified atom stereocenters. The van der Waals surface area contributed by atoms with Crippen LogP contribution in [-0.2, 0) is 0 Å². The van der Waals surface area contributed by atoms with E-state index in [0.29, 0.717) is 23.0 Å². The van der Waals surface area contributed by atoms with Gasteiger partial charge in [0.15, 0.2) is 5.43 Å². The van der Waals surface area contributed by atoms with Gasteiger partial charge >= 0.3 is 0 Å². The molecule has 0 aliphatic rings. The van der Waals surface area contributed by atoms with Gasteiger partial charge in [-0.25, -0.2) is 4.98 Å². The Morgan fingerprint density at radius 3 is 2.42 bits per heavy atom. The molecule has 0 atom stereocenters. The van der Waals surface area contributed by atoms with Gasteiger partial charge in [-0.2, -0.15) is 0 Å². The van der Waals surface area contributed by atoms with Crippen molar-refractivity contribution in [1.82, 2.24) is 15.0 Å². The summed E-state index contributed by atoms with van der Waals surface area (Å²) in [7, 11) is 0. The number of aromatic amines is 1. The number of nitrogens with two attached hydrogens (primary N) is 1. The molecule has 0 aliphatic carbocycles. The number of anilines is 1. The highest BCUT2D eigenvalue weighted by atomic mass is 16.1. The Balaban J connectivity index is 2.00. The number of hydrogen-bond donors (Lipinski definition) is 2. The predicted molar refractivity (Wildman–Crippen MR) is 134 cm³/mol. The average molecular weight is 444 g/mol. The van der Waals surface area contributed by atoms with Crippen molar-refractivity contribution in [1.29, 1.82) is 0 Å². The largest absolute Gasteiger partial charge is 0.364 e. The van der Waals surface area contributed by atoms with Crippen LogP contribution in [0.3, 0.4) is 0 Å². The van der Waals surface area contributed by atoms with Gasteiger partial charge < -0.3 is 15.6 Å². The molecule has 0 radical (unpaired) electrons. The van der Waals surface area contributed by atoms with Crippen molar-refractivity contribution < 1.29 is 4.79 Å². The number of nitrogens with one attached hydrogen (secondary N) is 1. The van der Waals surface area contributed by atoms with Gasteiger partial charge in [0.1, 0.15) is 11.5 Å². The molecule has 33 heavy (non-hydrogen) atoms. The smallest absolute Gasteiger partial charge is 0.268 e. The van der Waals surface area contributed by atoms with E-state index in [4.69, 9.17) is 10.7 Å². The Morgan fingerprint density at radius 1 is 1.06 bits per heavy atom. The molecule has 4 aromatic rings. The zero-order valence-electron chi connectivity index (χ0n) is 19.4. The van der Waals surface area contributed by atoms with Gasteiger partial charge in [0.25, 0.3) is 5.91 Å². The molecule has 0 bridgehead atoms. The van der Waals surface area contributed by atoms with E-state index in [2.05, 4.69) is 48.6 Å². The highest BCUT2D eigenvalue weighted by Crippen LogP contribution is 2.33. The van der Waals surface area contributed by atoms with E-state index in [-0.39, 0.29) is 16.5 Å². The number of nitrogens with zero attached hydrogens (tertiary/aromatic N) is 3. The number of para-hydroxylation sites is 1. The topological polar surface area (TPSA) is 105 Å². The third-order valence-electron chi connectivity index (χ3n) is 5.44. The van der Waals surface area contributed by atoms with Crippen LogP contribution >= 0.6 is 0 Å². The zero-order valence-corrected chi connectivity index (χ0v) is 19.4. The van der Waals surface area contributed by atoms with E-state index < -0.39 is 5.91 Å². The first-order valence-electron chi connectivity index (χ1n) is 11.2. The van der Waals surface area contributed by atoms with Crippen molar-refractivity contribution in [3.63, 3.8) is 0 Å². The minimum atomic E-state index is -0.730. The van der Waals surface area contributed by atoms with Gasteiger partial charge in [-0.05, 0) is 30.0 Å². The number of H-pyrrole nitrogens is 1. The maximum atomic E-state index is 13.1. The summed E-state index contributed by atoms with van der Waals surface area (Å²) in [5.74, 6) is 0.969. The second-order valence-electron chi connectivity index (χ2n) is 9.24. The van der Waals surface area contributed by atoms with Crippen LogP contribution in [0, 0.1) is 11.8 Å². The van der Waals surface area contributed by atoms with E-state index in [1.54, 1.807) is 6.07 Å². The van der Waals surface area contributed by atoms with Crippen LogP contribution in [0.25, 0.3) is 33.1 Å². The highest BCUT2D eigenvalue weighted by Gasteiger charge is 2.20. The standard InChI is InChI=1S/C26H29N5O2/c1-15(2)13-31(14-16(3)4)26-18(11-17-7-5-6-8-19(17)30-26)21-12-22(32)23-20(29-21)9-10-28-24(23)25(27)33/h5-12,15-16H,13-14H2,1-4H3,(H2,27,33)(H,29,32). The van der Waals surface area contributed by atoms with Crippen LogP contribution in [0.1, 0.15) is 38.2 Å². The Labute approximate surface area is 192 Å². The molecule has 3 N–H and O–H groups in total. The summed E-state index contributed by atoms with van der Waals surface area (Å²) >= 11 is 0. The summed E-state index contributed by atoms with van der Waals surface area (Å²) < 4.78 is 0. The summed E-state index contributed by atoms with van der Waals surface area (Å²) in [5.41, 5.74) is 8.00. The minimum Gasteiger partial charge on any atom is -0.364 e. The van der Waals surface area contributed by atoms with Crippen LogP contribution in [0.5, 0.6) is 0 Å². The molecule has 0 spiro atoms. The summed E-state index contributed by atoms with van der Waals surface area (Å²) in [6.45, 7) is 10.4. The molecule has 0 aliphatic heterocycles. The van der Waals surface area contributed by atoms with Crippen molar-refractivity contribution in [3.05, 3.63) is 64.6 Å². The fraction of sp³-hybridized carbons (Fsp3) is 0.308. The maximum absolute atomic E-state index is 13.1. The van der Waals surface area contributed by atoms with Crippen LogP contribution in [0.4, 0.5) is 5.82 Å². The first-order valence-corrected chi connectivity index (χ1v) is 11.2. The highest BCUT2D eigenvalue weighted by molar-refractivity contribution is 6.04. The summed E-state index contributed by atoms with van der Waals surface area (Å²) in [4.78, 5) is 39.6. The van der Waals surface area contributed by atoms with Crippen molar-refractivity contribution in [2.45, 2.75) is 27.7 Å². The SMILES string of the molecule is CC(C)CN(CC(C)C)c1nc2ccccc2cc1-c1cc(=O)c2c(C(N)=O)nccc2[nH]1. The number of carbonyl (C=O) groups is 1. The lowest BCUT2D eigenvalue weighted by molar-refractivity contribution is 0.0997. The number of aromatic nitrogens is 3. The summed E-state index contributed by atoms with van der Waals surface area (Å²) in [6, 6.07) is 13.2. The monoisotopic (exact) mass is 443 g/mol. The molecule has 1 aromatic carbocycles. The maximum Gasteiger partial charge on any atom is 0.268 e. The molecule has 0 fully saturated rings. The van der Waals surface area contributed by atoms with E-state index in [0.717, 1.165) is 35.4 Å². The Morgan fingerprint density at radius 2 is 1.76 bits per heavy atom. The molecular weight excluding hydrogens is 414 g/mol. The number of fused-ring (bicyclic) bond motifs is 2. The van der Waals surface area contributed by atoms with Crippen molar-refractivity contribution in [2.24, 2.45) is 17.6 Å². The van der Waals surface area contributed by atoms with Crippen LogP contribution in [-0.4, -0.2) is 33.9 Å². The molecule has 170 valence electrons. The van der Waals surface area contributed by atoms with E-state index in [1.807, 2.05) is 24.3 Å². The second-order valence-corrected chi connectivity index (χ2v) is 9.24. The van der Waals surface area contributed by atoms with Crippen LogP contribution < -0.4 is 16.1 Å². The normalized spacial score (nSPS) is 11.6. The molecule has 4 rings (SSSR count). The van der Waals surface area contributed by atoms with Gasteiger partial charge in [0, 0.05) is 36.3 Å². The van der Waals surface area contributed by atoms with E-state index in [1.165, 1.54) is 12.3 Å². The van der Waals surface area contributed by atoms with E-state index >= 15 is 0 Å². The number of amides is 1. The van der Waals surface area contributed by atoms with Gasteiger partial charge in [-0.1, -0.05) is 45.9 Å². The number of rotatable bonds is 7. The van der Waals surface area contributed by atoms with Crippen LogP contribution in [0.15, 0.2) is 53.5 Å². The fourth-order valence-corrected chi connectivity index (χ4v) is 4.21. The lowest BCUT2D eigenvalue weighted by Gasteiger charge is -2.29. The molecule has 1 amide bonds. The number of hydrogen-bond acceptors (Lipinski definition) is 5. The number of carbonyl (C=O) groups excluding carboxylic acids is 1.